The van der Waals surface area contributed by atoms with Crippen molar-refractivity contribution in [1.29, 1.82) is 0 Å². The fourth-order valence-corrected chi connectivity index (χ4v) is 3.47. The largest absolute Gasteiger partial charge is 0.421 e. The summed E-state index contributed by atoms with van der Waals surface area (Å²) in [6.07, 6.45) is -1.95. The van der Waals surface area contributed by atoms with Crippen molar-refractivity contribution >= 4 is 29.0 Å². The zero-order valence-electron chi connectivity index (χ0n) is 16.8. The normalized spacial score (nSPS) is 19.0. The maximum Gasteiger partial charge on any atom is 0.421 e. The molecule has 162 valence electrons. The molecule has 1 aromatic carbocycles. The summed E-state index contributed by atoms with van der Waals surface area (Å²) in [6, 6.07) is 6.17. The smallest absolute Gasteiger partial charge is 0.399 e. The number of anilines is 4. The fraction of sp³-hybridized carbons (Fsp3) is 0.450. The van der Waals surface area contributed by atoms with Gasteiger partial charge in [-0.1, -0.05) is 6.42 Å². The van der Waals surface area contributed by atoms with Gasteiger partial charge < -0.3 is 21.7 Å². The third kappa shape index (κ3) is 5.31. The van der Waals surface area contributed by atoms with Gasteiger partial charge in [0.05, 0.1) is 5.92 Å². The molecule has 7 nitrogen and oxygen atoms in total. The first kappa shape index (κ1) is 21.7. The predicted octanol–water partition coefficient (Wildman–Crippen LogP) is 3.93. The third-order valence-electron chi connectivity index (χ3n) is 4.87. The van der Waals surface area contributed by atoms with Crippen molar-refractivity contribution in [2.45, 2.75) is 51.4 Å². The molecule has 2 unspecified atom stereocenters. The standard InChI is InChI=1S/C20H25F3N6O/c1-11(2)26-18(30)14-4-3-5-16(14)28-17-15(20(21,22)23)10-25-19(29-17)27-13-8-6-12(24)7-9-13/h6-11,14,16H,3-5,24H2,1-2H3,(H,26,30)(H2,25,27,28,29). The van der Waals surface area contributed by atoms with Crippen LogP contribution in [0.25, 0.3) is 0 Å². The average Bonchev–Trinajstić information content (AvgIpc) is 3.10. The Hall–Kier alpha value is -3.04. The third-order valence-corrected chi connectivity index (χ3v) is 4.87. The summed E-state index contributed by atoms with van der Waals surface area (Å²) in [5.74, 6) is -0.916. The lowest BCUT2D eigenvalue weighted by molar-refractivity contribution is -0.137. The van der Waals surface area contributed by atoms with Crippen LogP contribution in [0.15, 0.2) is 30.5 Å². The minimum Gasteiger partial charge on any atom is -0.399 e. The molecule has 0 aliphatic heterocycles. The first-order valence-corrected chi connectivity index (χ1v) is 9.77. The Bertz CT molecular complexity index is 885. The van der Waals surface area contributed by atoms with Crippen LogP contribution in [-0.2, 0) is 11.0 Å². The molecule has 2 aromatic rings. The van der Waals surface area contributed by atoms with E-state index in [1.807, 2.05) is 13.8 Å². The van der Waals surface area contributed by atoms with Crippen LogP contribution in [0.2, 0.25) is 0 Å². The van der Waals surface area contributed by atoms with E-state index in [9.17, 15) is 18.0 Å². The fourth-order valence-electron chi connectivity index (χ4n) is 3.47. The van der Waals surface area contributed by atoms with Crippen molar-refractivity contribution < 1.29 is 18.0 Å². The lowest BCUT2D eigenvalue weighted by Gasteiger charge is -2.24. The summed E-state index contributed by atoms with van der Waals surface area (Å²) in [7, 11) is 0. The molecule has 0 bridgehead atoms. The monoisotopic (exact) mass is 422 g/mol. The van der Waals surface area contributed by atoms with E-state index in [1.54, 1.807) is 24.3 Å². The average molecular weight is 422 g/mol. The van der Waals surface area contributed by atoms with Crippen molar-refractivity contribution in [3.05, 3.63) is 36.0 Å². The maximum atomic E-state index is 13.5. The van der Waals surface area contributed by atoms with Crippen LogP contribution >= 0.6 is 0 Å². The number of nitrogen functional groups attached to an aromatic ring is 1. The second-order valence-electron chi connectivity index (χ2n) is 7.65. The van der Waals surface area contributed by atoms with E-state index < -0.39 is 23.7 Å². The number of rotatable bonds is 6. The number of amides is 1. The Morgan fingerprint density at radius 2 is 1.90 bits per heavy atom. The summed E-state index contributed by atoms with van der Waals surface area (Å²) in [4.78, 5) is 20.3. The Morgan fingerprint density at radius 3 is 2.53 bits per heavy atom. The molecule has 30 heavy (non-hydrogen) atoms. The van der Waals surface area contributed by atoms with E-state index in [0.717, 1.165) is 12.6 Å². The van der Waals surface area contributed by atoms with Crippen molar-refractivity contribution in [3.63, 3.8) is 0 Å². The zero-order chi connectivity index (χ0) is 21.9. The van der Waals surface area contributed by atoms with Gasteiger partial charge >= 0.3 is 6.18 Å². The van der Waals surface area contributed by atoms with Gasteiger partial charge in [0.25, 0.3) is 0 Å². The van der Waals surface area contributed by atoms with Crippen LogP contribution in [-0.4, -0.2) is 28.0 Å². The molecule has 2 atom stereocenters. The molecule has 1 heterocycles. The number of nitrogens with zero attached hydrogens (tertiary/aromatic N) is 2. The number of alkyl halides is 3. The van der Waals surface area contributed by atoms with Gasteiger partial charge in [-0.15, -0.1) is 0 Å². The Balaban J connectivity index is 1.85. The van der Waals surface area contributed by atoms with Gasteiger partial charge in [-0.2, -0.15) is 18.2 Å². The Kier molecular flexibility index (Phi) is 6.33. The van der Waals surface area contributed by atoms with Gasteiger partial charge in [-0.05, 0) is 51.0 Å². The molecule has 1 amide bonds. The number of nitrogens with two attached hydrogens (primary N) is 1. The molecular formula is C20H25F3N6O. The first-order chi connectivity index (χ1) is 14.1. The molecule has 3 rings (SSSR count). The number of carbonyl (C=O) groups excluding carboxylic acids is 1. The highest BCUT2D eigenvalue weighted by Gasteiger charge is 2.38. The Labute approximate surface area is 172 Å². The van der Waals surface area contributed by atoms with Crippen molar-refractivity contribution in [1.82, 2.24) is 15.3 Å². The van der Waals surface area contributed by atoms with Crippen LogP contribution in [0.5, 0.6) is 0 Å². The van der Waals surface area contributed by atoms with Crippen LogP contribution in [0.3, 0.4) is 0 Å². The second kappa shape index (κ2) is 8.76. The molecule has 10 heteroatoms. The molecule has 0 spiro atoms. The molecular weight excluding hydrogens is 397 g/mol. The van der Waals surface area contributed by atoms with Gasteiger partial charge in [-0.25, -0.2) is 4.98 Å². The molecule has 1 aromatic heterocycles. The summed E-state index contributed by atoms with van der Waals surface area (Å²) in [5, 5.41) is 8.57. The van der Waals surface area contributed by atoms with E-state index in [-0.39, 0.29) is 23.7 Å². The minimum absolute atomic E-state index is 0.0106. The molecule has 1 aliphatic carbocycles. The molecule has 1 fully saturated rings. The Morgan fingerprint density at radius 1 is 1.20 bits per heavy atom. The summed E-state index contributed by atoms with van der Waals surface area (Å²) in [5.41, 5.74) is 5.82. The van der Waals surface area contributed by atoms with Crippen molar-refractivity contribution in [2.24, 2.45) is 5.92 Å². The highest BCUT2D eigenvalue weighted by atomic mass is 19.4. The van der Waals surface area contributed by atoms with Gasteiger partial charge in [0.15, 0.2) is 0 Å². The van der Waals surface area contributed by atoms with Crippen molar-refractivity contribution in [2.75, 3.05) is 16.4 Å². The van der Waals surface area contributed by atoms with Crippen molar-refractivity contribution in [3.8, 4) is 0 Å². The van der Waals surface area contributed by atoms with E-state index >= 15 is 0 Å². The van der Waals surface area contributed by atoms with Gasteiger partial charge in [0.1, 0.15) is 11.4 Å². The maximum absolute atomic E-state index is 13.5. The lowest BCUT2D eigenvalue weighted by atomic mass is 10.0. The number of benzene rings is 1. The van der Waals surface area contributed by atoms with E-state index in [1.165, 1.54) is 0 Å². The number of halogens is 3. The zero-order valence-corrected chi connectivity index (χ0v) is 16.8. The molecule has 0 saturated heterocycles. The van der Waals surface area contributed by atoms with E-state index in [2.05, 4.69) is 25.9 Å². The van der Waals surface area contributed by atoms with Gasteiger partial charge in [-0.3, -0.25) is 4.79 Å². The van der Waals surface area contributed by atoms with Gasteiger partial charge in [0, 0.05) is 29.7 Å². The first-order valence-electron chi connectivity index (χ1n) is 9.77. The number of aromatic nitrogens is 2. The highest BCUT2D eigenvalue weighted by Crippen LogP contribution is 2.36. The van der Waals surface area contributed by atoms with E-state index in [4.69, 9.17) is 5.73 Å². The molecule has 1 saturated carbocycles. The lowest BCUT2D eigenvalue weighted by Crippen LogP contribution is -2.41. The summed E-state index contributed by atoms with van der Waals surface area (Å²) in [6.45, 7) is 3.69. The quantitative estimate of drug-likeness (QED) is 0.526. The second-order valence-corrected chi connectivity index (χ2v) is 7.65. The molecule has 1 aliphatic rings. The number of hydrogen-bond donors (Lipinski definition) is 4. The SMILES string of the molecule is CC(C)NC(=O)C1CCCC1Nc1nc(Nc2ccc(N)cc2)ncc1C(F)(F)F. The van der Waals surface area contributed by atoms with Crippen LogP contribution in [0.1, 0.15) is 38.7 Å². The number of carbonyl (C=O) groups is 1. The van der Waals surface area contributed by atoms with Gasteiger partial charge in [0.2, 0.25) is 11.9 Å². The number of nitrogens with one attached hydrogen (secondary N) is 3. The summed E-state index contributed by atoms with van der Waals surface area (Å²) >= 11 is 0. The number of hydrogen-bond acceptors (Lipinski definition) is 6. The topological polar surface area (TPSA) is 105 Å². The highest BCUT2D eigenvalue weighted by molar-refractivity contribution is 5.80. The molecule has 0 radical (unpaired) electrons. The van der Waals surface area contributed by atoms with E-state index in [0.29, 0.717) is 24.2 Å². The predicted molar refractivity (Wildman–Crippen MR) is 109 cm³/mol. The molecule has 5 N–H and O–H groups in total. The summed E-state index contributed by atoms with van der Waals surface area (Å²) < 4.78 is 40.6. The minimum atomic E-state index is -4.63. The van der Waals surface area contributed by atoms with Crippen LogP contribution in [0.4, 0.5) is 36.3 Å². The van der Waals surface area contributed by atoms with Crippen LogP contribution < -0.4 is 21.7 Å². The van der Waals surface area contributed by atoms with Crippen LogP contribution in [0, 0.1) is 5.92 Å².